The molecule has 4 nitrogen and oxygen atoms in total. The Morgan fingerprint density at radius 2 is 2.22 bits per heavy atom. The number of rotatable bonds is 2. The van der Waals surface area contributed by atoms with Crippen molar-refractivity contribution in [3.63, 3.8) is 0 Å². The molecule has 0 aromatic heterocycles. The smallest absolute Gasteiger partial charge is 0.267 e. The molecule has 3 N–H and O–H groups in total. The van der Waals surface area contributed by atoms with E-state index in [9.17, 15) is 9.59 Å². The Hall–Kier alpha value is -1.32. The number of likely N-dealkylation sites (N-methyl/N-ethyl adjacent to an activating group) is 1. The first-order valence-electron chi connectivity index (χ1n) is 2.35. The molecule has 0 aliphatic carbocycles. The van der Waals surface area contributed by atoms with Crippen LogP contribution < -0.4 is 11.1 Å². The lowest BCUT2D eigenvalue weighted by Gasteiger charge is -1.94. The van der Waals surface area contributed by atoms with Gasteiger partial charge in [-0.05, 0) is 0 Å². The van der Waals surface area contributed by atoms with Gasteiger partial charge in [0, 0.05) is 13.1 Å². The van der Waals surface area contributed by atoms with Crippen LogP contribution in [0.5, 0.6) is 0 Å². The van der Waals surface area contributed by atoms with Gasteiger partial charge in [0.2, 0.25) is 0 Å². The molecule has 50 valence electrons. The van der Waals surface area contributed by atoms with E-state index in [1.807, 2.05) is 0 Å². The lowest BCUT2D eigenvalue weighted by atomic mass is 10.4. The molecule has 0 bridgehead atoms. The monoisotopic (exact) mass is 128 g/mol. The minimum Gasteiger partial charge on any atom is -0.394 e. The largest absolute Gasteiger partial charge is 0.394 e. The van der Waals surface area contributed by atoms with Crippen LogP contribution in [-0.4, -0.2) is 19.2 Å². The minimum atomic E-state index is -0.442. The Kier molecular flexibility index (Phi) is 3.12. The Labute approximate surface area is 52.7 Å². The average Bonchev–Trinajstić information content (AvgIpc) is 1.87. The Balaban J connectivity index is 4.01. The molecular formula is C5H8N2O2. The van der Waals surface area contributed by atoms with Gasteiger partial charge in [-0.25, -0.2) is 0 Å². The molecule has 1 amide bonds. The van der Waals surface area contributed by atoms with Crippen molar-refractivity contribution in [1.82, 2.24) is 5.32 Å². The fraction of sp³-hybridized carbons (Fsp3) is 0.200. The van der Waals surface area contributed by atoms with Gasteiger partial charge in [0.15, 0.2) is 0 Å². The van der Waals surface area contributed by atoms with Crippen molar-refractivity contribution in [3.05, 3.63) is 11.8 Å². The summed E-state index contributed by atoms with van der Waals surface area (Å²) in [5.41, 5.74) is 4.98. The third kappa shape index (κ3) is 2.48. The van der Waals surface area contributed by atoms with Gasteiger partial charge in [0.05, 0.1) is 0 Å². The van der Waals surface area contributed by atoms with Gasteiger partial charge in [-0.2, -0.15) is 0 Å². The molecule has 0 rings (SSSR count). The van der Waals surface area contributed by atoms with E-state index in [1.165, 1.54) is 7.05 Å². The minimum absolute atomic E-state index is 0.0764. The predicted octanol–water partition coefficient (Wildman–Crippen LogP) is -1.23. The molecule has 0 aliphatic rings. The van der Waals surface area contributed by atoms with Gasteiger partial charge >= 0.3 is 0 Å². The van der Waals surface area contributed by atoms with Crippen LogP contribution in [0.4, 0.5) is 0 Å². The van der Waals surface area contributed by atoms with Crippen molar-refractivity contribution >= 4 is 12.2 Å². The van der Waals surface area contributed by atoms with Crippen LogP contribution in [0.25, 0.3) is 0 Å². The highest BCUT2D eigenvalue weighted by atomic mass is 16.2. The molecule has 0 spiro atoms. The summed E-state index contributed by atoms with van der Waals surface area (Å²) >= 11 is 0. The topological polar surface area (TPSA) is 72.2 Å². The van der Waals surface area contributed by atoms with Gasteiger partial charge in [-0.1, -0.05) is 0 Å². The zero-order chi connectivity index (χ0) is 7.28. The number of hydrogen-bond acceptors (Lipinski definition) is 3. The van der Waals surface area contributed by atoms with E-state index in [1.54, 1.807) is 0 Å². The molecule has 9 heavy (non-hydrogen) atoms. The van der Waals surface area contributed by atoms with Gasteiger partial charge in [-0.3, -0.25) is 9.59 Å². The van der Waals surface area contributed by atoms with Crippen molar-refractivity contribution in [2.45, 2.75) is 0 Å². The van der Waals surface area contributed by atoms with Crippen molar-refractivity contribution in [3.8, 4) is 0 Å². The molecule has 0 aromatic carbocycles. The maximum atomic E-state index is 10.4. The number of aldehydes is 1. The third-order valence-corrected chi connectivity index (χ3v) is 0.737. The molecule has 0 saturated carbocycles. The van der Waals surface area contributed by atoms with Crippen molar-refractivity contribution < 1.29 is 9.59 Å². The molecule has 0 aliphatic heterocycles. The van der Waals surface area contributed by atoms with Crippen LogP contribution in [0, 0.1) is 0 Å². The second-order valence-corrected chi connectivity index (χ2v) is 1.34. The second kappa shape index (κ2) is 3.65. The molecular weight excluding hydrogens is 120 g/mol. The van der Waals surface area contributed by atoms with Crippen LogP contribution in [-0.2, 0) is 9.59 Å². The number of nitrogens with two attached hydrogens (primary N) is 1. The molecule has 0 heterocycles. The predicted molar refractivity (Wildman–Crippen MR) is 32.4 cm³/mol. The number of carbonyl (C=O) groups is 2. The van der Waals surface area contributed by atoms with Crippen LogP contribution >= 0.6 is 0 Å². The van der Waals surface area contributed by atoms with E-state index >= 15 is 0 Å². The number of carbonyl (C=O) groups excluding carboxylic acids is 2. The average molecular weight is 128 g/mol. The molecule has 0 atom stereocenters. The van der Waals surface area contributed by atoms with Gasteiger partial charge in [0.1, 0.15) is 12.0 Å². The van der Waals surface area contributed by atoms with Gasteiger partial charge < -0.3 is 11.1 Å². The summed E-state index contributed by atoms with van der Waals surface area (Å²) in [5.74, 6) is -0.442. The summed E-state index contributed by atoms with van der Waals surface area (Å²) in [4.78, 5) is 20.1. The van der Waals surface area contributed by atoms with Crippen LogP contribution in [0.15, 0.2) is 11.8 Å². The third-order valence-electron chi connectivity index (χ3n) is 0.737. The summed E-state index contributed by atoms with van der Waals surface area (Å²) in [7, 11) is 1.44. The second-order valence-electron chi connectivity index (χ2n) is 1.34. The highest BCUT2D eigenvalue weighted by Gasteiger charge is 1.97. The van der Waals surface area contributed by atoms with Crippen molar-refractivity contribution in [1.29, 1.82) is 0 Å². The van der Waals surface area contributed by atoms with Gasteiger partial charge in [0.25, 0.3) is 5.91 Å². The number of nitrogens with one attached hydrogen (secondary N) is 1. The number of allylic oxidation sites excluding steroid dienone is 1. The van der Waals surface area contributed by atoms with Crippen LogP contribution in [0.2, 0.25) is 0 Å². The number of amides is 1. The summed E-state index contributed by atoms with van der Waals surface area (Å²) < 4.78 is 0. The SMILES string of the molecule is CNC(=O)/C(N)=C/C=O. The first kappa shape index (κ1) is 7.68. The van der Waals surface area contributed by atoms with E-state index in [0.29, 0.717) is 6.29 Å². The first-order valence-corrected chi connectivity index (χ1v) is 2.35. The Morgan fingerprint density at radius 1 is 1.67 bits per heavy atom. The van der Waals surface area contributed by atoms with Crippen molar-refractivity contribution in [2.75, 3.05) is 7.05 Å². The summed E-state index contributed by atoms with van der Waals surface area (Å²) in [5, 5.41) is 2.26. The molecule has 0 saturated heterocycles. The summed E-state index contributed by atoms with van der Waals surface area (Å²) in [6.07, 6.45) is 1.46. The standard InChI is InChI=1S/C5H8N2O2/c1-7-5(9)4(6)2-3-8/h2-3H,6H2,1H3,(H,7,9)/b4-2-. The quantitative estimate of drug-likeness (QED) is 0.361. The van der Waals surface area contributed by atoms with Crippen molar-refractivity contribution in [2.24, 2.45) is 5.73 Å². The highest BCUT2D eigenvalue weighted by molar-refractivity contribution is 5.95. The number of hydrogen-bond donors (Lipinski definition) is 2. The Bertz CT molecular complexity index is 151. The maximum Gasteiger partial charge on any atom is 0.267 e. The zero-order valence-electron chi connectivity index (χ0n) is 5.05. The lowest BCUT2D eigenvalue weighted by molar-refractivity contribution is -0.117. The fourth-order valence-electron chi connectivity index (χ4n) is 0.293. The maximum absolute atomic E-state index is 10.4. The van der Waals surface area contributed by atoms with E-state index < -0.39 is 5.91 Å². The zero-order valence-corrected chi connectivity index (χ0v) is 5.05. The fourth-order valence-corrected chi connectivity index (χ4v) is 0.293. The van der Waals surface area contributed by atoms with E-state index in [0.717, 1.165) is 6.08 Å². The Morgan fingerprint density at radius 3 is 2.56 bits per heavy atom. The van der Waals surface area contributed by atoms with Crippen LogP contribution in [0.3, 0.4) is 0 Å². The highest BCUT2D eigenvalue weighted by Crippen LogP contribution is 1.77. The lowest BCUT2D eigenvalue weighted by Crippen LogP contribution is -2.24. The summed E-state index contributed by atoms with van der Waals surface area (Å²) in [6.45, 7) is 0. The van der Waals surface area contributed by atoms with Gasteiger partial charge in [-0.15, -0.1) is 0 Å². The molecule has 0 unspecified atom stereocenters. The molecule has 0 fully saturated rings. The van der Waals surface area contributed by atoms with E-state index in [-0.39, 0.29) is 5.70 Å². The van der Waals surface area contributed by atoms with Crippen LogP contribution in [0.1, 0.15) is 0 Å². The first-order chi connectivity index (χ1) is 4.22. The normalized spacial score (nSPS) is 10.6. The summed E-state index contributed by atoms with van der Waals surface area (Å²) in [6, 6.07) is 0. The molecule has 4 heteroatoms. The van der Waals surface area contributed by atoms with E-state index in [4.69, 9.17) is 5.73 Å². The van der Waals surface area contributed by atoms with E-state index in [2.05, 4.69) is 5.32 Å². The molecule has 0 radical (unpaired) electrons. The molecule has 0 aromatic rings.